The molecule has 25 heavy (non-hydrogen) atoms. The van der Waals surface area contributed by atoms with Crippen LogP contribution in [0.5, 0.6) is 11.5 Å². The first-order valence-corrected chi connectivity index (χ1v) is 8.73. The van der Waals surface area contributed by atoms with E-state index in [2.05, 4.69) is 19.1 Å². The van der Waals surface area contributed by atoms with Crippen molar-refractivity contribution in [1.29, 1.82) is 0 Å². The summed E-state index contributed by atoms with van der Waals surface area (Å²) in [7, 11) is 0. The lowest BCUT2D eigenvalue weighted by Crippen LogP contribution is -2.16. The van der Waals surface area contributed by atoms with Crippen LogP contribution in [0.2, 0.25) is 0 Å². The zero-order valence-electron chi connectivity index (χ0n) is 15.1. The van der Waals surface area contributed by atoms with Crippen molar-refractivity contribution < 1.29 is 19.4 Å². The van der Waals surface area contributed by atoms with Crippen LogP contribution in [0.1, 0.15) is 49.5 Å². The molecule has 4 heteroatoms. The Labute approximate surface area is 149 Å². The first-order valence-electron chi connectivity index (χ1n) is 8.73. The Morgan fingerprint density at radius 1 is 1.00 bits per heavy atom. The number of hydrogen-bond acceptors (Lipinski definition) is 3. The van der Waals surface area contributed by atoms with Crippen LogP contribution in [-0.2, 0) is 6.42 Å². The van der Waals surface area contributed by atoms with E-state index in [9.17, 15) is 9.90 Å². The van der Waals surface area contributed by atoms with Gasteiger partial charge in [0.15, 0.2) is 0 Å². The third-order valence-electron chi connectivity index (χ3n) is 3.86. The Morgan fingerprint density at radius 3 is 2.16 bits per heavy atom. The first-order chi connectivity index (χ1) is 12.0. The highest BCUT2D eigenvalue weighted by molar-refractivity contribution is 5.88. The average molecular weight is 342 g/mol. The SMILES string of the molecule is CCCC(C)Oc1cc(OC(C)Cc2ccccc2)cc(C(=O)O)c1. The molecule has 0 amide bonds. The van der Waals surface area contributed by atoms with Gasteiger partial charge in [-0.15, -0.1) is 0 Å². The molecule has 0 bridgehead atoms. The Kier molecular flexibility index (Phi) is 6.87. The van der Waals surface area contributed by atoms with Crippen LogP contribution in [-0.4, -0.2) is 23.3 Å². The van der Waals surface area contributed by atoms with Crippen LogP contribution in [0.25, 0.3) is 0 Å². The molecule has 0 aromatic heterocycles. The van der Waals surface area contributed by atoms with E-state index in [1.165, 1.54) is 5.56 Å². The zero-order chi connectivity index (χ0) is 18.2. The van der Waals surface area contributed by atoms with E-state index >= 15 is 0 Å². The maximum Gasteiger partial charge on any atom is 0.335 e. The van der Waals surface area contributed by atoms with Crippen LogP contribution in [0.15, 0.2) is 48.5 Å². The van der Waals surface area contributed by atoms with Gasteiger partial charge in [-0.3, -0.25) is 0 Å². The van der Waals surface area contributed by atoms with Crippen molar-refractivity contribution in [2.24, 2.45) is 0 Å². The lowest BCUT2D eigenvalue weighted by molar-refractivity contribution is 0.0695. The third kappa shape index (κ3) is 6.14. The summed E-state index contributed by atoms with van der Waals surface area (Å²) in [6.45, 7) is 6.05. The van der Waals surface area contributed by atoms with Crippen LogP contribution in [0, 0.1) is 0 Å². The predicted molar refractivity (Wildman–Crippen MR) is 98.6 cm³/mol. The highest BCUT2D eigenvalue weighted by Crippen LogP contribution is 2.26. The van der Waals surface area contributed by atoms with Gasteiger partial charge in [0.2, 0.25) is 0 Å². The predicted octanol–water partition coefficient (Wildman–Crippen LogP) is 4.96. The van der Waals surface area contributed by atoms with Crippen LogP contribution < -0.4 is 9.47 Å². The number of carbonyl (C=O) groups is 1. The molecule has 0 aliphatic heterocycles. The number of hydrogen-bond donors (Lipinski definition) is 1. The molecule has 2 atom stereocenters. The van der Waals surface area contributed by atoms with Crippen molar-refractivity contribution in [3.63, 3.8) is 0 Å². The lowest BCUT2D eigenvalue weighted by atomic mass is 10.1. The second-order valence-electron chi connectivity index (χ2n) is 6.33. The minimum atomic E-state index is -0.992. The van der Waals surface area contributed by atoms with Gasteiger partial charge >= 0.3 is 5.97 Å². The standard InChI is InChI=1S/C21H26O4/c1-4-8-15(2)24-19-12-18(21(22)23)13-20(14-19)25-16(3)11-17-9-6-5-7-10-17/h5-7,9-10,12-16H,4,8,11H2,1-3H3,(H,22,23). The molecule has 134 valence electrons. The number of rotatable bonds is 9. The van der Waals surface area contributed by atoms with Crippen molar-refractivity contribution >= 4 is 5.97 Å². The van der Waals surface area contributed by atoms with Gasteiger partial charge in [0.05, 0.1) is 17.8 Å². The fourth-order valence-corrected chi connectivity index (χ4v) is 2.75. The summed E-state index contributed by atoms with van der Waals surface area (Å²) in [6, 6.07) is 14.9. The van der Waals surface area contributed by atoms with Crippen molar-refractivity contribution in [1.82, 2.24) is 0 Å². The fraction of sp³-hybridized carbons (Fsp3) is 0.381. The molecule has 0 saturated heterocycles. The molecule has 2 aromatic rings. The molecule has 2 unspecified atom stereocenters. The van der Waals surface area contributed by atoms with E-state index in [1.54, 1.807) is 18.2 Å². The summed E-state index contributed by atoms with van der Waals surface area (Å²) >= 11 is 0. The molecule has 1 N–H and O–H groups in total. The average Bonchev–Trinajstić information content (AvgIpc) is 2.55. The van der Waals surface area contributed by atoms with Crippen LogP contribution >= 0.6 is 0 Å². The van der Waals surface area contributed by atoms with Crippen LogP contribution in [0.3, 0.4) is 0 Å². The molecule has 0 heterocycles. The van der Waals surface area contributed by atoms with Crippen molar-refractivity contribution in [2.45, 2.75) is 52.2 Å². The van der Waals surface area contributed by atoms with E-state index in [0.717, 1.165) is 19.3 Å². The Hall–Kier alpha value is -2.49. The molecule has 0 radical (unpaired) electrons. The van der Waals surface area contributed by atoms with Crippen molar-refractivity contribution in [3.05, 3.63) is 59.7 Å². The van der Waals surface area contributed by atoms with Crippen LogP contribution in [0.4, 0.5) is 0 Å². The minimum Gasteiger partial charge on any atom is -0.491 e. The summed E-state index contributed by atoms with van der Waals surface area (Å²) in [4.78, 5) is 11.4. The van der Waals surface area contributed by atoms with Gasteiger partial charge in [-0.2, -0.15) is 0 Å². The quantitative estimate of drug-likeness (QED) is 0.699. The smallest absolute Gasteiger partial charge is 0.335 e. The largest absolute Gasteiger partial charge is 0.491 e. The van der Waals surface area contributed by atoms with E-state index in [0.29, 0.717) is 11.5 Å². The number of carboxylic acids is 1. The second-order valence-corrected chi connectivity index (χ2v) is 6.33. The van der Waals surface area contributed by atoms with Gasteiger partial charge in [0.25, 0.3) is 0 Å². The molecule has 0 saturated carbocycles. The van der Waals surface area contributed by atoms with Gasteiger partial charge in [0.1, 0.15) is 11.5 Å². The number of benzene rings is 2. The summed E-state index contributed by atoms with van der Waals surface area (Å²) in [5, 5.41) is 9.33. The molecule has 0 aliphatic carbocycles. The van der Waals surface area contributed by atoms with Gasteiger partial charge < -0.3 is 14.6 Å². The second kappa shape index (κ2) is 9.11. The Bertz CT molecular complexity index is 682. The highest BCUT2D eigenvalue weighted by Gasteiger charge is 2.13. The summed E-state index contributed by atoms with van der Waals surface area (Å²) in [6.07, 6.45) is 2.63. The third-order valence-corrected chi connectivity index (χ3v) is 3.86. The fourth-order valence-electron chi connectivity index (χ4n) is 2.75. The summed E-state index contributed by atoms with van der Waals surface area (Å²) in [5.74, 6) is 0.0546. The molecular weight excluding hydrogens is 316 g/mol. The molecular formula is C21H26O4. The summed E-state index contributed by atoms with van der Waals surface area (Å²) < 4.78 is 11.8. The summed E-state index contributed by atoms with van der Waals surface area (Å²) in [5.41, 5.74) is 1.35. The van der Waals surface area contributed by atoms with Gasteiger partial charge in [0, 0.05) is 12.5 Å². The number of carboxylic acid groups (broad SMARTS) is 1. The highest BCUT2D eigenvalue weighted by atomic mass is 16.5. The molecule has 4 nitrogen and oxygen atoms in total. The molecule has 2 rings (SSSR count). The monoisotopic (exact) mass is 342 g/mol. The molecule has 2 aromatic carbocycles. The normalized spacial score (nSPS) is 13.1. The van der Waals surface area contributed by atoms with E-state index in [1.807, 2.05) is 32.0 Å². The van der Waals surface area contributed by atoms with Crippen molar-refractivity contribution in [2.75, 3.05) is 0 Å². The lowest BCUT2D eigenvalue weighted by Gasteiger charge is -2.18. The van der Waals surface area contributed by atoms with E-state index < -0.39 is 5.97 Å². The maximum atomic E-state index is 11.4. The van der Waals surface area contributed by atoms with E-state index in [4.69, 9.17) is 9.47 Å². The first kappa shape index (κ1) is 18.8. The Balaban J connectivity index is 2.12. The topological polar surface area (TPSA) is 55.8 Å². The molecule has 0 spiro atoms. The number of aromatic carboxylic acids is 1. The molecule has 0 fully saturated rings. The van der Waals surface area contributed by atoms with Gasteiger partial charge in [-0.05, 0) is 38.0 Å². The maximum absolute atomic E-state index is 11.4. The van der Waals surface area contributed by atoms with Gasteiger partial charge in [-0.25, -0.2) is 4.79 Å². The number of ether oxygens (including phenoxy) is 2. The minimum absolute atomic E-state index is 0.0311. The Morgan fingerprint density at radius 2 is 1.60 bits per heavy atom. The van der Waals surface area contributed by atoms with Crippen molar-refractivity contribution in [3.8, 4) is 11.5 Å². The zero-order valence-corrected chi connectivity index (χ0v) is 15.1. The van der Waals surface area contributed by atoms with Gasteiger partial charge in [-0.1, -0.05) is 43.7 Å². The molecule has 0 aliphatic rings. The van der Waals surface area contributed by atoms with E-state index in [-0.39, 0.29) is 17.8 Å².